The second-order valence-corrected chi connectivity index (χ2v) is 5.82. The maximum absolute atomic E-state index is 10.8. The first kappa shape index (κ1) is 34.9. The zero-order chi connectivity index (χ0) is 24.8. The number of carboxylic acid groups (broad SMARTS) is 2. The van der Waals surface area contributed by atoms with Gasteiger partial charge >= 0.3 is 17.1 Å². The molecule has 0 aliphatic heterocycles. The van der Waals surface area contributed by atoms with Crippen LogP contribution in [0.3, 0.4) is 0 Å². The monoisotopic (exact) mass is 549 g/mol. The molecule has 2 aromatic rings. The number of anilines is 2. The van der Waals surface area contributed by atoms with Crippen LogP contribution in [-0.4, -0.2) is 45.5 Å². The summed E-state index contributed by atoms with van der Waals surface area (Å²) in [7, 11) is 0. The Morgan fingerprint density at radius 3 is 1.15 bits per heavy atom. The number of carbonyl (C=O) groups excluding carboxylic acids is 4. The van der Waals surface area contributed by atoms with Crippen LogP contribution in [0.2, 0.25) is 0 Å². The zero-order valence-electron chi connectivity index (χ0n) is 17.8. The van der Waals surface area contributed by atoms with Crippen LogP contribution >= 0.6 is 23.2 Å². The molecule has 2 heterocycles. The largest absolute Gasteiger partial charge is 2.00 e. The maximum Gasteiger partial charge on any atom is 2.00 e. The van der Waals surface area contributed by atoms with E-state index < -0.39 is 23.7 Å². The van der Waals surface area contributed by atoms with Gasteiger partial charge in [-0.25, -0.2) is 0 Å². The number of alkyl halides is 2. The normalized spacial score (nSPS) is 8.36. The smallest absolute Gasteiger partial charge is 0.549 e. The molecule has 0 unspecified atom stereocenters. The third-order valence-electron chi connectivity index (χ3n) is 2.79. The molecule has 33 heavy (non-hydrogen) atoms. The van der Waals surface area contributed by atoms with Crippen molar-refractivity contribution in [2.75, 3.05) is 22.4 Å². The minimum atomic E-state index is -1.23. The molecule has 0 atom stereocenters. The molecule has 0 saturated heterocycles. The van der Waals surface area contributed by atoms with Crippen molar-refractivity contribution in [1.82, 2.24) is 9.97 Å². The Morgan fingerprint density at radius 1 is 0.727 bits per heavy atom. The van der Waals surface area contributed by atoms with Gasteiger partial charge in [0, 0.05) is 49.0 Å². The molecular weight excluding hydrogens is 527 g/mol. The van der Waals surface area contributed by atoms with Crippen molar-refractivity contribution in [3.05, 3.63) is 49.1 Å². The Morgan fingerprint density at radius 2 is 0.970 bits per heavy atom. The molecule has 0 saturated carbocycles. The molecule has 10 nitrogen and oxygen atoms in total. The Labute approximate surface area is 212 Å². The predicted molar refractivity (Wildman–Crippen MR) is 118 cm³/mol. The standard InChI is InChI=1S/2C8H10N2O.2C2H3ClO2.Cu/c2*1-2-8(11)10-7-3-5-9-6-4-7;2*3-1-2(4)5;/h2*3-6H,2H2,1H3,(H,9,10,11);2*1H2,(H,4,5);/q;;;;+2/p-2. The van der Waals surface area contributed by atoms with E-state index in [9.17, 15) is 9.59 Å². The van der Waals surface area contributed by atoms with E-state index in [-0.39, 0.29) is 28.9 Å². The summed E-state index contributed by atoms with van der Waals surface area (Å²) in [6, 6.07) is 7.03. The second-order valence-electron chi connectivity index (χ2n) is 5.29. The van der Waals surface area contributed by atoms with Gasteiger partial charge in [-0.3, -0.25) is 19.6 Å². The number of aliphatic carboxylic acids is 2. The van der Waals surface area contributed by atoms with Gasteiger partial charge in [-0.05, 0) is 24.3 Å². The maximum atomic E-state index is 10.8. The van der Waals surface area contributed by atoms with Crippen LogP contribution < -0.4 is 20.8 Å². The average molecular weight is 551 g/mol. The molecule has 0 aliphatic carbocycles. The molecule has 2 aromatic heterocycles. The number of pyridine rings is 2. The minimum Gasteiger partial charge on any atom is -0.549 e. The first-order chi connectivity index (χ1) is 15.2. The summed E-state index contributed by atoms with van der Waals surface area (Å²) >= 11 is 9.35. The predicted octanol–water partition coefficient (Wildman–Crippen LogP) is 0.808. The van der Waals surface area contributed by atoms with E-state index in [1.54, 1.807) is 49.1 Å². The SMILES string of the molecule is CCC(=O)Nc1ccncc1.CCC(=O)Nc1ccncc1.O=C([O-])CCl.O=C([O-])CCl.[Cu+2]. The summed E-state index contributed by atoms with van der Waals surface area (Å²) in [5.74, 6) is -3.24. The van der Waals surface area contributed by atoms with E-state index >= 15 is 0 Å². The number of carbonyl (C=O) groups is 4. The molecule has 0 spiro atoms. The van der Waals surface area contributed by atoms with Crippen molar-refractivity contribution < 1.29 is 46.5 Å². The molecule has 0 bridgehead atoms. The van der Waals surface area contributed by atoms with E-state index in [0.717, 1.165) is 11.4 Å². The molecule has 2 N–H and O–H groups in total. The van der Waals surface area contributed by atoms with Crippen LogP contribution in [0.4, 0.5) is 11.4 Å². The van der Waals surface area contributed by atoms with Gasteiger partial charge in [0.15, 0.2) is 0 Å². The Bertz CT molecular complexity index is 734. The zero-order valence-corrected chi connectivity index (χ0v) is 20.3. The summed E-state index contributed by atoms with van der Waals surface area (Å²) in [5, 5.41) is 23.7. The fourth-order valence-corrected chi connectivity index (χ4v) is 1.37. The number of hydrogen-bond donors (Lipinski definition) is 2. The van der Waals surface area contributed by atoms with E-state index in [1.165, 1.54) is 0 Å². The Balaban J connectivity index is -0.000000386. The van der Waals surface area contributed by atoms with Crippen LogP contribution in [0, 0.1) is 0 Å². The molecule has 0 aliphatic rings. The third kappa shape index (κ3) is 25.4. The molecule has 2 rings (SSSR count). The summed E-state index contributed by atoms with van der Waals surface area (Å²) in [4.78, 5) is 47.6. The van der Waals surface area contributed by atoms with Gasteiger partial charge in [0.2, 0.25) is 11.8 Å². The average Bonchev–Trinajstić information content (AvgIpc) is 2.81. The fourth-order valence-electron chi connectivity index (χ4n) is 1.37. The summed E-state index contributed by atoms with van der Waals surface area (Å²) in [5.41, 5.74) is 1.60. The number of aromatic nitrogens is 2. The van der Waals surface area contributed by atoms with E-state index in [4.69, 9.17) is 19.8 Å². The van der Waals surface area contributed by atoms with Gasteiger partial charge in [0.1, 0.15) is 0 Å². The Hall–Kier alpha value is -2.72. The van der Waals surface area contributed by atoms with Crippen LogP contribution in [0.25, 0.3) is 0 Å². The number of amides is 2. The molecule has 2 amide bonds. The van der Waals surface area contributed by atoms with Crippen molar-refractivity contribution in [2.45, 2.75) is 26.7 Å². The van der Waals surface area contributed by atoms with Gasteiger partial charge in [0.25, 0.3) is 0 Å². The first-order valence-electron chi connectivity index (χ1n) is 9.11. The van der Waals surface area contributed by atoms with Crippen molar-refractivity contribution in [3.63, 3.8) is 0 Å². The number of hydrogen-bond acceptors (Lipinski definition) is 8. The van der Waals surface area contributed by atoms with Crippen LogP contribution in [0.5, 0.6) is 0 Å². The number of nitrogens with one attached hydrogen (secondary N) is 2. The summed E-state index contributed by atoms with van der Waals surface area (Å²) < 4.78 is 0. The number of carboxylic acids is 2. The van der Waals surface area contributed by atoms with Crippen LogP contribution in [-0.2, 0) is 36.2 Å². The molecule has 0 fully saturated rings. The van der Waals surface area contributed by atoms with Gasteiger partial charge in [-0.1, -0.05) is 13.8 Å². The van der Waals surface area contributed by atoms with Gasteiger partial charge in [0.05, 0.1) is 23.7 Å². The Kier molecular flexibility index (Phi) is 25.3. The first-order valence-corrected chi connectivity index (χ1v) is 10.2. The number of nitrogens with zero attached hydrogens (tertiary/aromatic N) is 2. The summed E-state index contributed by atoms with van der Waals surface area (Å²) in [6.45, 7) is 3.63. The van der Waals surface area contributed by atoms with Gasteiger partial charge in [-0.2, -0.15) is 0 Å². The van der Waals surface area contributed by atoms with Gasteiger partial charge in [-0.15, -0.1) is 23.2 Å². The minimum absolute atomic E-state index is 0. The molecule has 185 valence electrons. The molecule has 1 radical (unpaired) electrons. The topological polar surface area (TPSA) is 164 Å². The fraction of sp³-hybridized carbons (Fsp3) is 0.300. The van der Waals surface area contributed by atoms with Crippen LogP contribution in [0.1, 0.15) is 26.7 Å². The number of rotatable bonds is 6. The van der Waals surface area contributed by atoms with E-state index in [2.05, 4.69) is 43.8 Å². The van der Waals surface area contributed by atoms with E-state index in [0.29, 0.717) is 12.8 Å². The van der Waals surface area contributed by atoms with Gasteiger partial charge < -0.3 is 30.4 Å². The van der Waals surface area contributed by atoms with Crippen molar-refractivity contribution >= 4 is 58.3 Å². The quantitative estimate of drug-likeness (QED) is 0.394. The van der Waals surface area contributed by atoms with E-state index in [1.807, 2.05) is 13.8 Å². The molecule has 0 aromatic carbocycles. The summed E-state index contributed by atoms with van der Waals surface area (Å²) in [6.07, 6.45) is 7.58. The van der Waals surface area contributed by atoms with Crippen molar-refractivity contribution in [1.29, 1.82) is 0 Å². The molecular formula is C20H24Cl2CuN4O6. The molecule has 13 heteroatoms. The van der Waals surface area contributed by atoms with Crippen LogP contribution in [0.15, 0.2) is 49.1 Å². The number of halogens is 2. The third-order valence-corrected chi connectivity index (χ3v) is 3.23. The van der Waals surface area contributed by atoms with Crippen molar-refractivity contribution in [3.8, 4) is 0 Å². The van der Waals surface area contributed by atoms with Crippen molar-refractivity contribution in [2.24, 2.45) is 0 Å². The second kappa shape index (κ2) is 23.9.